The topological polar surface area (TPSA) is 80.3 Å². The monoisotopic (exact) mass is 377 g/mol. The maximum absolute atomic E-state index is 13.3. The minimum Gasteiger partial charge on any atom is -0.279 e. The second-order valence-electron chi connectivity index (χ2n) is 4.93. The zero-order valence-corrected chi connectivity index (χ0v) is 14.6. The fraction of sp³-hybridized carbons (Fsp3) is 0.143. The molecule has 0 spiro atoms. The number of benzene rings is 2. The number of halogens is 2. The lowest BCUT2D eigenvalue weighted by Gasteiger charge is -2.12. The van der Waals surface area contributed by atoms with Crippen molar-refractivity contribution in [3.05, 3.63) is 52.8 Å². The van der Waals surface area contributed by atoms with Gasteiger partial charge in [-0.3, -0.25) is 4.72 Å². The third kappa shape index (κ3) is 4.01. The first-order valence-corrected chi connectivity index (χ1v) is 10.0. The van der Waals surface area contributed by atoms with E-state index in [1.807, 2.05) is 0 Å². The standard InChI is InChI=1S/C14H13ClFNO4S2/c1-9-3-4-10(16)7-13(9)17-23(20,21)14-8-11(22(2,18)19)5-6-12(14)15/h3-8,17H,1-2H3. The molecule has 0 aliphatic carbocycles. The summed E-state index contributed by atoms with van der Waals surface area (Å²) in [5, 5.41) is -0.140. The molecule has 0 radical (unpaired) electrons. The van der Waals surface area contributed by atoms with Gasteiger partial charge in [0, 0.05) is 6.26 Å². The van der Waals surface area contributed by atoms with Gasteiger partial charge in [-0.25, -0.2) is 21.2 Å². The van der Waals surface area contributed by atoms with Crippen molar-refractivity contribution in [2.24, 2.45) is 0 Å². The van der Waals surface area contributed by atoms with Crippen LogP contribution in [0.5, 0.6) is 0 Å². The number of sulfone groups is 1. The molecular weight excluding hydrogens is 365 g/mol. The number of aryl methyl sites for hydroxylation is 1. The van der Waals surface area contributed by atoms with E-state index in [1.54, 1.807) is 6.92 Å². The van der Waals surface area contributed by atoms with Crippen molar-refractivity contribution < 1.29 is 21.2 Å². The molecule has 0 fully saturated rings. The summed E-state index contributed by atoms with van der Waals surface area (Å²) in [5.41, 5.74) is 0.552. The van der Waals surface area contributed by atoms with Crippen LogP contribution in [0.15, 0.2) is 46.2 Å². The highest BCUT2D eigenvalue weighted by molar-refractivity contribution is 7.93. The van der Waals surface area contributed by atoms with Crippen LogP contribution in [0.1, 0.15) is 5.56 Å². The highest BCUT2D eigenvalue weighted by atomic mass is 35.5. The van der Waals surface area contributed by atoms with E-state index in [1.165, 1.54) is 24.3 Å². The summed E-state index contributed by atoms with van der Waals surface area (Å²) in [4.78, 5) is -0.580. The minimum absolute atomic E-state index is 0.0471. The van der Waals surface area contributed by atoms with Crippen LogP contribution in [0.4, 0.5) is 10.1 Å². The van der Waals surface area contributed by atoms with Gasteiger partial charge in [-0.2, -0.15) is 0 Å². The minimum atomic E-state index is -4.18. The van der Waals surface area contributed by atoms with E-state index in [0.717, 1.165) is 18.4 Å². The van der Waals surface area contributed by atoms with Gasteiger partial charge in [-0.05, 0) is 42.8 Å². The molecule has 1 N–H and O–H groups in total. The number of hydrogen-bond acceptors (Lipinski definition) is 4. The summed E-state index contributed by atoms with van der Waals surface area (Å²) in [6, 6.07) is 7.01. The molecule has 0 heterocycles. The van der Waals surface area contributed by atoms with Crippen LogP contribution in [-0.2, 0) is 19.9 Å². The third-order valence-electron chi connectivity index (χ3n) is 3.06. The Morgan fingerprint density at radius 2 is 1.70 bits per heavy atom. The summed E-state index contributed by atoms with van der Waals surface area (Å²) in [5.74, 6) is -0.607. The largest absolute Gasteiger partial charge is 0.279 e. The average molecular weight is 378 g/mol. The molecule has 2 rings (SSSR count). The molecule has 9 heteroatoms. The number of sulfonamides is 1. The van der Waals surface area contributed by atoms with E-state index in [0.29, 0.717) is 5.56 Å². The summed E-state index contributed by atoms with van der Waals surface area (Å²) < 4.78 is 63.6. The smallest absolute Gasteiger partial charge is 0.263 e. The Morgan fingerprint density at radius 1 is 1.04 bits per heavy atom. The van der Waals surface area contributed by atoms with Crippen molar-refractivity contribution >= 4 is 37.1 Å². The zero-order chi connectivity index (χ0) is 17.4. The first-order chi connectivity index (χ1) is 10.5. The number of anilines is 1. The van der Waals surface area contributed by atoms with Gasteiger partial charge in [0.1, 0.15) is 10.7 Å². The highest BCUT2D eigenvalue weighted by Crippen LogP contribution is 2.28. The Balaban J connectivity index is 2.54. The first-order valence-electron chi connectivity index (χ1n) is 6.29. The molecule has 2 aromatic rings. The van der Waals surface area contributed by atoms with E-state index < -0.39 is 30.6 Å². The zero-order valence-electron chi connectivity index (χ0n) is 12.2. The highest BCUT2D eigenvalue weighted by Gasteiger charge is 2.22. The molecule has 0 unspecified atom stereocenters. The van der Waals surface area contributed by atoms with Gasteiger partial charge < -0.3 is 0 Å². The van der Waals surface area contributed by atoms with Gasteiger partial charge in [0.2, 0.25) is 0 Å². The molecule has 2 aromatic carbocycles. The number of nitrogens with one attached hydrogen (secondary N) is 1. The maximum Gasteiger partial charge on any atom is 0.263 e. The summed E-state index contributed by atoms with van der Waals surface area (Å²) in [6.07, 6.45) is 0.955. The maximum atomic E-state index is 13.3. The van der Waals surface area contributed by atoms with Crippen molar-refractivity contribution in [1.29, 1.82) is 0 Å². The molecule has 0 amide bonds. The molecule has 5 nitrogen and oxygen atoms in total. The number of rotatable bonds is 4. The van der Waals surface area contributed by atoms with E-state index in [4.69, 9.17) is 11.6 Å². The van der Waals surface area contributed by atoms with E-state index >= 15 is 0 Å². The normalized spacial score (nSPS) is 12.2. The molecular formula is C14H13ClFNO4S2. The van der Waals surface area contributed by atoms with Crippen LogP contribution in [0.3, 0.4) is 0 Å². The van der Waals surface area contributed by atoms with E-state index in [2.05, 4.69) is 4.72 Å². The van der Waals surface area contributed by atoms with Crippen molar-refractivity contribution in [3.63, 3.8) is 0 Å². The van der Waals surface area contributed by atoms with Gasteiger partial charge in [-0.1, -0.05) is 17.7 Å². The molecule has 0 aromatic heterocycles. The van der Waals surface area contributed by atoms with Crippen molar-refractivity contribution in [1.82, 2.24) is 0 Å². The van der Waals surface area contributed by atoms with Crippen LogP contribution in [0, 0.1) is 12.7 Å². The second kappa shape index (κ2) is 6.10. The lowest BCUT2D eigenvalue weighted by atomic mass is 10.2. The van der Waals surface area contributed by atoms with Crippen molar-refractivity contribution in [2.75, 3.05) is 11.0 Å². The van der Waals surface area contributed by atoms with E-state index in [9.17, 15) is 21.2 Å². The van der Waals surface area contributed by atoms with Crippen LogP contribution < -0.4 is 4.72 Å². The van der Waals surface area contributed by atoms with Crippen LogP contribution in [0.25, 0.3) is 0 Å². The lowest BCUT2D eigenvalue weighted by Crippen LogP contribution is -2.15. The van der Waals surface area contributed by atoms with E-state index in [-0.39, 0.29) is 15.6 Å². The van der Waals surface area contributed by atoms with Gasteiger partial charge in [0.15, 0.2) is 9.84 Å². The molecule has 0 aliphatic heterocycles. The molecule has 23 heavy (non-hydrogen) atoms. The Hall–Kier alpha value is -1.64. The van der Waals surface area contributed by atoms with Gasteiger partial charge >= 0.3 is 0 Å². The summed E-state index contributed by atoms with van der Waals surface area (Å²) in [6.45, 7) is 1.60. The van der Waals surface area contributed by atoms with Crippen LogP contribution in [0.2, 0.25) is 5.02 Å². The quantitative estimate of drug-likeness (QED) is 0.888. The molecule has 0 aliphatic rings. The van der Waals surface area contributed by atoms with Crippen LogP contribution >= 0.6 is 11.6 Å². The molecule has 0 bridgehead atoms. The van der Waals surface area contributed by atoms with Crippen molar-refractivity contribution in [3.8, 4) is 0 Å². The Morgan fingerprint density at radius 3 is 2.30 bits per heavy atom. The molecule has 0 saturated carbocycles. The lowest BCUT2D eigenvalue weighted by molar-refractivity contribution is 0.599. The van der Waals surface area contributed by atoms with Crippen LogP contribution in [-0.4, -0.2) is 23.1 Å². The predicted molar refractivity (Wildman–Crippen MR) is 86.5 cm³/mol. The Bertz CT molecular complexity index is 972. The fourth-order valence-corrected chi connectivity index (χ4v) is 4.19. The summed E-state index contributed by atoms with van der Waals surface area (Å²) in [7, 11) is -7.78. The Kier molecular flexibility index (Phi) is 4.70. The SMILES string of the molecule is Cc1ccc(F)cc1NS(=O)(=O)c1cc(S(C)(=O)=O)ccc1Cl. The van der Waals surface area contributed by atoms with Gasteiger partial charge in [0.25, 0.3) is 10.0 Å². The fourth-order valence-electron chi connectivity index (χ4n) is 1.82. The molecule has 124 valence electrons. The van der Waals surface area contributed by atoms with Gasteiger partial charge in [0.05, 0.1) is 15.6 Å². The predicted octanol–water partition coefficient (Wildman–Crippen LogP) is 2.99. The summed E-state index contributed by atoms with van der Waals surface area (Å²) >= 11 is 5.88. The Labute approximate surface area is 139 Å². The first kappa shape index (κ1) is 17.7. The second-order valence-corrected chi connectivity index (χ2v) is 9.00. The van der Waals surface area contributed by atoms with Crippen molar-refractivity contribution in [2.45, 2.75) is 16.7 Å². The average Bonchev–Trinajstić information content (AvgIpc) is 2.41. The van der Waals surface area contributed by atoms with Gasteiger partial charge in [-0.15, -0.1) is 0 Å². The number of hydrogen-bond donors (Lipinski definition) is 1. The molecule has 0 atom stereocenters. The molecule has 0 saturated heterocycles. The third-order valence-corrected chi connectivity index (χ3v) is 6.02.